The molecule has 7 heteroatoms. The molecule has 0 heterocycles. The number of aliphatic hydroxyl groups is 1. The third-order valence-corrected chi connectivity index (χ3v) is 5.89. The van der Waals surface area contributed by atoms with Gasteiger partial charge in [0.1, 0.15) is 6.61 Å². The molecule has 4 fully saturated rings. The van der Waals surface area contributed by atoms with E-state index in [0.29, 0.717) is 18.8 Å². The van der Waals surface area contributed by atoms with E-state index in [1.807, 2.05) is 0 Å². The molecule has 1 N–H and O–H groups in total. The summed E-state index contributed by atoms with van der Waals surface area (Å²) in [6, 6.07) is 0. The first-order chi connectivity index (χ1) is 9.29. The Balaban J connectivity index is 1.66. The summed E-state index contributed by atoms with van der Waals surface area (Å²) in [6.45, 7) is -0.366. The fraction of sp³-hybridized carbons (Fsp3) is 0.923. The van der Waals surface area contributed by atoms with Crippen LogP contribution in [0.25, 0.3) is 0 Å². The van der Waals surface area contributed by atoms with Crippen LogP contribution in [-0.4, -0.2) is 42.5 Å². The molecule has 6 nitrogen and oxygen atoms in total. The standard InChI is InChI=1S/C13H20O6S/c14-11-9-3-8-4-10(11)7-13(5-8,6-9)12(15)19-1-2-20(16,17)18/h8-11,14H,1-7H2,(H,16,17,18)/p-1. The van der Waals surface area contributed by atoms with Gasteiger partial charge in [0.25, 0.3) is 0 Å². The molecule has 4 aliphatic rings. The molecule has 20 heavy (non-hydrogen) atoms. The normalized spacial score (nSPS) is 42.7. The summed E-state index contributed by atoms with van der Waals surface area (Å²) in [5.74, 6) is -0.262. The summed E-state index contributed by atoms with van der Waals surface area (Å²) in [5.41, 5.74) is -0.553. The summed E-state index contributed by atoms with van der Waals surface area (Å²) in [5, 5.41) is 10.1. The maximum Gasteiger partial charge on any atom is 0.312 e. The molecule has 0 aromatic heterocycles. The number of carbonyl (C=O) groups excluding carboxylic acids is 1. The van der Waals surface area contributed by atoms with Gasteiger partial charge in [-0.3, -0.25) is 4.79 Å². The number of rotatable bonds is 4. The third-order valence-electron chi connectivity index (χ3n) is 5.22. The average Bonchev–Trinajstić information content (AvgIpc) is 2.33. The molecule has 0 saturated heterocycles. The van der Waals surface area contributed by atoms with Crippen LogP contribution < -0.4 is 0 Å². The lowest BCUT2D eigenvalue weighted by atomic mass is 9.48. The van der Waals surface area contributed by atoms with Crippen molar-refractivity contribution in [1.29, 1.82) is 0 Å². The second-order valence-corrected chi connectivity index (χ2v) is 8.16. The lowest BCUT2D eigenvalue weighted by Crippen LogP contribution is -2.56. The highest BCUT2D eigenvalue weighted by Crippen LogP contribution is 2.60. The Labute approximate surface area is 118 Å². The molecule has 0 aromatic rings. The van der Waals surface area contributed by atoms with Crippen molar-refractivity contribution < 1.29 is 27.6 Å². The molecule has 4 bridgehead atoms. The van der Waals surface area contributed by atoms with Crippen molar-refractivity contribution in [2.45, 2.75) is 38.2 Å². The van der Waals surface area contributed by atoms with Crippen LogP contribution in [0.3, 0.4) is 0 Å². The van der Waals surface area contributed by atoms with Crippen molar-refractivity contribution >= 4 is 16.1 Å². The minimum absolute atomic E-state index is 0.164. The Hall–Kier alpha value is -0.660. The maximum absolute atomic E-state index is 12.3. The largest absolute Gasteiger partial charge is 0.748 e. The van der Waals surface area contributed by atoms with E-state index >= 15 is 0 Å². The van der Waals surface area contributed by atoms with E-state index in [0.717, 1.165) is 19.3 Å². The summed E-state index contributed by atoms with van der Waals surface area (Å²) >= 11 is 0. The highest BCUT2D eigenvalue weighted by atomic mass is 32.2. The Morgan fingerprint density at radius 3 is 2.40 bits per heavy atom. The molecule has 4 rings (SSSR count). The number of hydrogen-bond donors (Lipinski definition) is 1. The molecule has 0 aromatic carbocycles. The lowest BCUT2D eigenvalue weighted by molar-refractivity contribution is -0.183. The van der Waals surface area contributed by atoms with E-state index in [1.54, 1.807) is 0 Å². The van der Waals surface area contributed by atoms with Crippen LogP contribution in [0.15, 0.2) is 0 Å². The van der Waals surface area contributed by atoms with Crippen LogP contribution in [0.5, 0.6) is 0 Å². The van der Waals surface area contributed by atoms with Crippen LogP contribution >= 0.6 is 0 Å². The summed E-state index contributed by atoms with van der Waals surface area (Å²) in [6.07, 6.45) is 3.67. The maximum atomic E-state index is 12.3. The van der Waals surface area contributed by atoms with Crippen molar-refractivity contribution in [3.63, 3.8) is 0 Å². The van der Waals surface area contributed by atoms with Crippen LogP contribution in [0.4, 0.5) is 0 Å². The molecule has 114 valence electrons. The van der Waals surface area contributed by atoms with Crippen molar-refractivity contribution in [2.75, 3.05) is 12.4 Å². The van der Waals surface area contributed by atoms with E-state index in [2.05, 4.69) is 0 Å². The Bertz CT molecular complexity index is 497. The van der Waals surface area contributed by atoms with Crippen LogP contribution in [-0.2, 0) is 19.6 Å². The van der Waals surface area contributed by atoms with Gasteiger partial charge in [-0.15, -0.1) is 0 Å². The van der Waals surface area contributed by atoms with Crippen LogP contribution in [0.2, 0.25) is 0 Å². The predicted octanol–water partition coefficient (Wildman–Crippen LogP) is 0.262. The summed E-state index contributed by atoms with van der Waals surface area (Å²) in [4.78, 5) is 12.3. The molecular formula is C13H19O6S-. The van der Waals surface area contributed by atoms with E-state index in [-0.39, 0.29) is 30.5 Å². The fourth-order valence-electron chi connectivity index (χ4n) is 4.64. The number of ether oxygens (including phenoxy) is 1. The van der Waals surface area contributed by atoms with Gasteiger partial charge in [-0.05, 0) is 49.9 Å². The zero-order valence-electron chi connectivity index (χ0n) is 11.2. The van der Waals surface area contributed by atoms with Crippen LogP contribution in [0, 0.1) is 23.2 Å². The average molecular weight is 303 g/mol. The highest BCUT2D eigenvalue weighted by molar-refractivity contribution is 7.85. The van der Waals surface area contributed by atoms with E-state index in [1.165, 1.54) is 0 Å². The Morgan fingerprint density at radius 1 is 1.25 bits per heavy atom. The quantitative estimate of drug-likeness (QED) is 0.590. The SMILES string of the molecule is O=C(OCCS(=O)(=O)[O-])C12CC3CC(C1)C(O)C(C3)C2. The van der Waals surface area contributed by atoms with Gasteiger partial charge >= 0.3 is 5.97 Å². The molecule has 0 radical (unpaired) electrons. The number of hydrogen-bond acceptors (Lipinski definition) is 6. The Morgan fingerprint density at radius 2 is 1.85 bits per heavy atom. The smallest absolute Gasteiger partial charge is 0.312 e. The molecule has 0 amide bonds. The highest BCUT2D eigenvalue weighted by Gasteiger charge is 2.58. The number of carbonyl (C=O) groups is 1. The van der Waals surface area contributed by atoms with Gasteiger partial charge in [-0.25, -0.2) is 8.42 Å². The van der Waals surface area contributed by atoms with Crippen LogP contribution in [0.1, 0.15) is 32.1 Å². The molecule has 4 aliphatic carbocycles. The van der Waals surface area contributed by atoms with Crippen molar-refractivity contribution in [3.05, 3.63) is 0 Å². The fourth-order valence-corrected chi connectivity index (χ4v) is 4.92. The zero-order chi connectivity index (χ0) is 14.5. The van der Waals surface area contributed by atoms with Crippen molar-refractivity contribution in [2.24, 2.45) is 23.2 Å². The van der Waals surface area contributed by atoms with E-state index < -0.39 is 21.3 Å². The lowest BCUT2D eigenvalue weighted by Gasteiger charge is -2.57. The van der Waals surface area contributed by atoms with Crippen molar-refractivity contribution in [3.8, 4) is 0 Å². The zero-order valence-corrected chi connectivity index (χ0v) is 12.0. The first kappa shape index (κ1) is 14.3. The monoisotopic (exact) mass is 303 g/mol. The molecule has 2 unspecified atom stereocenters. The van der Waals surface area contributed by atoms with Gasteiger partial charge in [-0.2, -0.15) is 0 Å². The second kappa shape index (κ2) is 4.68. The topological polar surface area (TPSA) is 104 Å². The van der Waals surface area contributed by atoms with Gasteiger partial charge in [-0.1, -0.05) is 0 Å². The summed E-state index contributed by atoms with van der Waals surface area (Å²) < 4.78 is 36.6. The molecule has 0 aliphatic heterocycles. The molecule has 2 atom stereocenters. The van der Waals surface area contributed by atoms with Gasteiger partial charge in [0, 0.05) is 0 Å². The Kier molecular flexibility index (Phi) is 3.34. The first-order valence-corrected chi connectivity index (χ1v) is 8.66. The van der Waals surface area contributed by atoms with Gasteiger partial charge in [0.05, 0.1) is 27.4 Å². The molecule has 0 spiro atoms. The number of aliphatic hydroxyl groups excluding tert-OH is 1. The third kappa shape index (κ3) is 2.46. The number of esters is 1. The minimum Gasteiger partial charge on any atom is -0.748 e. The van der Waals surface area contributed by atoms with Gasteiger partial charge in [0.15, 0.2) is 0 Å². The minimum atomic E-state index is -4.35. The van der Waals surface area contributed by atoms with Gasteiger partial charge < -0.3 is 14.4 Å². The van der Waals surface area contributed by atoms with Gasteiger partial charge in [0.2, 0.25) is 0 Å². The predicted molar refractivity (Wildman–Crippen MR) is 67.5 cm³/mol. The molecular weight excluding hydrogens is 284 g/mol. The van der Waals surface area contributed by atoms with Crippen molar-refractivity contribution in [1.82, 2.24) is 0 Å². The summed E-state index contributed by atoms with van der Waals surface area (Å²) in [7, 11) is -4.35. The molecule has 4 saturated carbocycles. The first-order valence-electron chi connectivity index (χ1n) is 7.08. The second-order valence-electron chi connectivity index (χ2n) is 6.64. The van der Waals surface area contributed by atoms with E-state index in [9.17, 15) is 22.9 Å². The van der Waals surface area contributed by atoms with E-state index in [4.69, 9.17) is 4.74 Å².